The number of benzene rings is 1. The van der Waals surface area contributed by atoms with Crippen molar-refractivity contribution in [2.75, 3.05) is 33.4 Å². The summed E-state index contributed by atoms with van der Waals surface area (Å²) in [7, 11) is 1.77. The minimum absolute atomic E-state index is 0. The molecule has 5 nitrogen and oxygen atoms in total. The molecule has 0 radical (unpaired) electrons. The summed E-state index contributed by atoms with van der Waals surface area (Å²) in [4.78, 5) is 4.23. The van der Waals surface area contributed by atoms with Crippen molar-refractivity contribution in [1.29, 1.82) is 0 Å². The Morgan fingerprint density at radius 1 is 1.39 bits per heavy atom. The smallest absolute Gasteiger partial charge is 0.191 e. The fraction of sp³-hybridized carbons (Fsp3) is 0.562. The van der Waals surface area contributed by atoms with Crippen LogP contribution >= 0.6 is 39.9 Å². The van der Waals surface area contributed by atoms with Gasteiger partial charge in [-0.05, 0) is 35.0 Å². The molecule has 1 fully saturated rings. The third-order valence-corrected chi connectivity index (χ3v) is 4.18. The van der Waals surface area contributed by atoms with Gasteiger partial charge in [0.15, 0.2) is 5.96 Å². The molecular weight excluding hydrogens is 473 g/mol. The van der Waals surface area contributed by atoms with Crippen molar-refractivity contribution in [3.63, 3.8) is 0 Å². The van der Waals surface area contributed by atoms with Crippen molar-refractivity contribution < 1.29 is 9.47 Å². The van der Waals surface area contributed by atoms with E-state index in [0.717, 1.165) is 35.9 Å². The fourth-order valence-corrected chi connectivity index (χ4v) is 2.49. The Hall–Kier alpha value is -0.540. The summed E-state index contributed by atoms with van der Waals surface area (Å²) in [6.07, 6.45) is 0.0277. The zero-order valence-corrected chi connectivity index (χ0v) is 17.7. The standard InChI is InChI=1S/C16H24BrN3O2.HI/c1-12(22-14-7-5-4-6-13(14)17)8-19-15(18-3)20-9-16(2)10-21-11-16;/h4-7,12H,8-11H2,1-3H3,(H2,18,19,20);1H. The molecule has 1 unspecified atom stereocenters. The van der Waals surface area contributed by atoms with E-state index in [1.807, 2.05) is 31.2 Å². The van der Waals surface area contributed by atoms with Crippen LogP contribution in [0.15, 0.2) is 33.7 Å². The highest BCUT2D eigenvalue weighted by Crippen LogP contribution is 2.25. The Bertz CT molecular complexity index is 524. The molecule has 0 aromatic heterocycles. The number of guanidine groups is 1. The van der Waals surface area contributed by atoms with Gasteiger partial charge in [0.1, 0.15) is 11.9 Å². The van der Waals surface area contributed by atoms with E-state index in [-0.39, 0.29) is 35.5 Å². The molecule has 1 atom stereocenters. The molecule has 1 saturated heterocycles. The molecule has 2 N–H and O–H groups in total. The number of hydrogen-bond donors (Lipinski definition) is 2. The van der Waals surface area contributed by atoms with Gasteiger partial charge in [-0.1, -0.05) is 19.1 Å². The lowest BCUT2D eigenvalue weighted by atomic mass is 9.89. The maximum absolute atomic E-state index is 5.91. The maximum atomic E-state index is 5.91. The number of ether oxygens (including phenoxy) is 2. The Morgan fingerprint density at radius 3 is 2.65 bits per heavy atom. The number of hydrogen-bond acceptors (Lipinski definition) is 3. The summed E-state index contributed by atoms with van der Waals surface area (Å²) < 4.78 is 12.1. The predicted molar refractivity (Wildman–Crippen MR) is 108 cm³/mol. The van der Waals surface area contributed by atoms with Crippen molar-refractivity contribution in [2.45, 2.75) is 20.0 Å². The first-order valence-corrected chi connectivity index (χ1v) is 8.25. The number of nitrogens with one attached hydrogen (secondary N) is 2. The second-order valence-corrected chi connectivity index (χ2v) is 6.82. The van der Waals surface area contributed by atoms with E-state index in [4.69, 9.17) is 9.47 Å². The highest BCUT2D eigenvalue weighted by atomic mass is 127. The van der Waals surface area contributed by atoms with E-state index in [0.29, 0.717) is 6.54 Å². The van der Waals surface area contributed by atoms with Crippen LogP contribution < -0.4 is 15.4 Å². The normalized spacial score (nSPS) is 17.5. The van der Waals surface area contributed by atoms with Crippen LogP contribution in [0.2, 0.25) is 0 Å². The van der Waals surface area contributed by atoms with Crippen LogP contribution in [0.3, 0.4) is 0 Å². The van der Waals surface area contributed by atoms with E-state index in [1.165, 1.54) is 0 Å². The van der Waals surface area contributed by atoms with E-state index in [1.54, 1.807) is 7.05 Å². The van der Waals surface area contributed by atoms with Gasteiger partial charge in [-0.3, -0.25) is 4.99 Å². The number of halogens is 2. The SMILES string of the molecule is CN=C(NCC(C)Oc1ccccc1Br)NCC1(C)COC1.I. The summed E-state index contributed by atoms with van der Waals surface area (Å²) in [5.41, 5.74) is 0.217. The lowest BCUT2D eigenvalue weighted by molar-refractivity contribution is -0.0971. The monoisotopic (exact) mass is 497 g/mol. The van der Waals surface area contributed by atoms with Gasteiger partial charge < -0.3 is 20.1 Å². The van der Waals surface area contributed by atoms with Gasteiger partial charge in [-0.2, -0.15) is 0 Å². The van der Waals surface area contributed by atoms with E-state index in [9.17, 15) is 0 Å². The van der Waals surface area contributed by atoms with Gasteiger partial charge in [-0.15, -0.1) is 24.0 Å². The topological polar surface area (TPSA) is 54.9 Å². The molecule has 1 aliphatic heterocycles. The van der Waals surface area contributed by atoms with Crippen molar-refractivity contribution in [3.05, 3.63) is 28.7 Å². The molecule has 0 saturated carbocycles. The molecular formula is C16H25BrIN3O2. The van der Waals surface area contributed by atoms with Gasteiger partial charge in [0, 0.05) is 19.0 Å². The van der Waals surface area contributed by atoms with E-state index in [2.05, 4.69) is 38.5 Å². The number of para-hydroxylation sites is 1. The van der Waals surface area contributed by atoms with Crippen LogP contribution in [0, 0.1) is 5.41 Å². The van der Waals surface area contributed by atoms with Crippen LogP contribution in [0.4, 0.5) is 0 Å². The zero-order valence-electron chi connectivity index (χ0n) is 13.8. The van der Waals surface area contributed by atoms with Crippen LogP contribution in [0.1, 0.15) is 13.8 Å². The van der Waals surface area contributed by atoms with Gasteiger partial charge in [-0.25, -0.2) is 0 Å². The molecule has 0 aliphatic carbocycles. The van der Waals surface area contributed by atoms with Crippen molar-refractivity contribution >= 4 is 45.9 Å². The third kappa shape index (κ3) is 6.46. The summed E-state index contributed by atoms with van der Waals surface area (Å²) in [6, 6.07) is 7.85. The van der Waals surface area contributed by atoms with Gasteiger partial charge in [0.2, 0.25) is 0 Å². The van der Waals surface area contributed by atoms with Crippen LogP contribution in [0.5, 0.6) is 5.75 Å². The first kappa shape index (κ1) is 20.5. The molecule has 7 heteroatoms. The minimum Gasteiger partial charge on any atom is -0.488 e. The highest BCUT2D eigenvalue weighted by Gasteiger charge is 2.33. The third-order valence-electron chi connectivity index (χ3n) is 3.53. The van der Waals surface area contributed by atoms with Crippen molar-refractivity contribution in [2.24, 2.45) is 10.4 Å². The second-order valence-electron chi connectivity index (χ2n) is 5.97. The van der Waals surface area contributed by atoms with Gasteiger partial charge >= 0.3 is 0 Å². The molecule has 0 amide bonds. The highest BCUT2D eigenvalue weighted by molar-refractivity contribution is 14.0. The molecule has 1 aromatic carbocycles. The lowest BCUT2D eigenvalue weighted by Crippen LogP contribution is -2.51. The van der Waals surface area contributed by atoms with Gasteiger partial charge in [0.05, 0.1) is 24.2 Å². The molecule has 2 rings (SSSR count). The Kier molecular flexibility index (Phi) is 8.63. The molecule has 1 heterocycles. The Balaban J connectivity index is 0.00000264. The lowest BCUT2D eigenvalue weighted by Gasteiger charge is -2.38. The summed E-state index contributed by atoms with van der Waals surface area (Å²) in [6.45, 7) is 7.37. The molecule has 1 aromatic rings. The van der Waals surface area contributed by atoms with E-state index >= 15 is 0 Å². The largest absolute Gasteiger partial charge is 0.488 e. The van der Waals surface area contributed by atoms with Crippen molar-refractivity contribution in [1.82, 2.24) is 10.6 Å². The first-order chi connectivity index (χ1) is 10.5. The number of nitrogens with zero attached hydrogens (tertiary/aromatic N) is 1. The molecule has 23 heavy (non-hydrogen) atoms. The van der Waals surface area contributed by atoms with E-state index < -0.39 is 0 Å². The number of rotatable bonds is 6. The fourth-order valence-electron chi connectivity index (χ4n) is 2.11. The minimum atomic E-state index is 0. The zero-order chi connectivity index (χ0) is 16.0. The van der Waals surface area contributed by atoms with Crippen LogP contribution in [-0.2, 0) is 4.74 Å². The second kappa shape index (κ2) is 9.68. The molecule has 0 spiro atoms. The van der Waals surface area contributed by atoms with Crippen LogP contribution in [0.25, 0.3) is 0 Å². The number of aliphatic imine (C=N–C) groups is 1. The summed E-state index contributed by atoms with van der Waals surface area (Å²) in [5.74, 6) is 1.63. The molecule has 0 bridgehead atoms. The van der Waals surface area contributed by atoms with Crippen molar-refractivity contribution in [3.8, 4) is 5.75 Å². The van der Waals surface area contributed by atoms with Gasteiger partial charge in [0.25, 0.3) is 0 Å². The molecule has 1 aliphatic rings. The maximum Gasteiger partial charge on any atom is 0.191 e. The Labute approximate surface area is 163 Å². The molecule has 130 valence electrons. The quantitative estimate of drug-likeness (QED) is 0.360. The average Bonchev–Trinajstić information content (AvgIpc) is 2.48. The predicted octanol–water partition coefficient (Wildman–Crippen LogP) is 3.04. The van der Waals surface area contributed by atoms with Crippen LogP contribution in [-0.4, -0.2) is 45.4 Å². The average molecular weight is 498 g/mol. The first-order valence-electron chi connectivity index (χ1n) is 7.46. The summed E-state index contributed by atoms with van der Waals surface area (Å²) >= 11 is 3.49. The summed E-state index contributed by atoms with van der Waals surface area (Å²) in [5, 5.41) is 6.62. The Morgan fingerprint density at radius 2 is 2.09 bits per heavy atom.